The molecule has 146 valence electrons. The SMILES string of the molecule is N#Cc1cccc(NC(=O)C[NH+]2CCN(S(=O)(=O)c3cccc(F)c3)CC2)c1. The van der Waals surface area contributed by atoms with Crippen LogP contribution in [0.3, 0.4) is 0 Å². The quantitative estimate of drug-likeness (QED) is 0.747. The van der Waals surface area contributed by atoms with Gasteiger partial charge in [0.1, 0.15) is 5.82 Å². The van der Waals surface area contributed by atoms with Crippen LogP contribution in [0.5, 0.6) is 0 Å². The van der Waals surface area contributed by atoms with E-state index >= 15 is 0 Å². The molecule has 0 atom stereocenters. The van der Waals surface area contributed by atoms with E-state index in [-0.39, 0.29) is 30.4 Å². The molecule has 3 rings (SSSR count). The fourth-order valence-electron chi connectivity index (χ4n) is 3.09. The van der Waals surface area contributed by atoms with Crippen LogP contribution in [0.2, 0.25) is 0 Å². The Morgan fingerprint density at radius 2 is 1.89 bits per heavy atom. The zero-order chi connectivity index (χ0) is 20.1. The van der Waals surface area contributed by atoms with E-state index in [2.05, 4.69) is 5.32 Å². The molecular weight excluding hydrogens is 383 g/mol. The Bertz CT molecular complexity index is 1010. The molecule has 0 radical (unpaired) electrons. The Balaban J connectivity index is 1.55. The second-order valence-electron chi connectivity index (χ2n) is 6.53. The second-order valence-corrected chi connectivity index (χ2v) is 8.47. The van der Waals surface area contributed by atoms with Crippen LogP contribution in [0, 0.1) is 17.1 Å². The number of piperazine rings is 1. The van der Waals surface area contributed by atoms with Gasteiger partial charge in [0, 0.05) is 5.69 Å². The number of sulfonamides is 1. The largest absolute Gasteiger partial charge is 0.325 e. The van der Waals surface area contributed by atoms with Crippen molar-refractivity contribution in [2.24, 2.45) is 0 Å². The van der Waals surface area contributed by atoms with Crippen molar-refractivity contribution >= 4 is 21.6 Å². The van der Waals surface area contributed by atoms with Gasteiger partial charge in [-0.25, -0.2) is 12.8 Å². The van der Waals surface area contributed by atoms with E-state index in [4.69, 9.17) is 5.26 Å². The van der Waals surface area contributed by atoms with Crippen molar-refractivity contribution in [1.29, 1.82) is 5.26 Å². The molecule has 0 aliphatic carbocycles. The molecule has 7 nitrogen and oxygen atoms in total. The van der Waals surface area contributed by atoms with Gasteiger partial charge in [-0.2, -0.15) is 9.57 Å². The van der Waals surface area contributed by atoms with Crippen molar-refractivity contribution < 1.29 is 22.5 Å². The number of nitriles is 1. The van der Waals surface area contributed by atoms with Crippen molar-refractivity contribution in [2.45, 2.75) is 4.90 Å². The van der Waals surface area contributed by atoms with Gasteiger partial charge in [0.05, 0.1) is 42.7 Å². The first-order valence-electron chi connectivity index (χ1n) is 8.78. The summed E-state index contributed by atoms with van der Waals surface area (Å²) in [5.41, 5.74) is 1.01. The number of quaternary nitrogens is 1. The van der Waals surface area contributed by atoms with Crippen LogP contribution < -0.4 is 10.2 Å². The third-order valence-electron chi connectivity index (χ3n) is 4.55. The predicted octanol–water partition coefficient (Wildman–Crippen LogP) is 0.225. The molecule has 0 spiro atoms. The maximum Gasteiger partial charge on any atom is 0.279 e. The summed E-state index contributed by atoms with van der Waals surface area (Å²) in [5, 5.41) is 11.7. The number of amides is 1. The third kappa shape index (κ3) is 4.72. The molecule has 0 aromatic heterocycles. The van der Waals surface area contributed by atoms with Crippen LogP contribution in [0.4, 0.5) is 10.1 Å². The fraction of sp³-hybridized carbons (Fsp3) is 0.263. The zero-order valence-electron chi connectivity index (χ0n) is 15.1. The summed E-state index contributed by atoms with van der Waals surface area (Å²) in [6.07, 6.45) is 0. The number of rotatable bonds is 5. The molecule has 1 saturated heterocycles. The van der Waals surface area contributed by atoms with E-state index in [1.165, 1.54) is 22.5 Å². The maximum atomic E-state index is 13.3. The molecule has 1 heterocycles. The number of benzene rings is 2. The fourth-order valence-corrected chi connectivity index (χ4v) is 4.57. The highest BCUT2D eigenvalue weighted by Crippen LogP contribution is 2.16. The average Bonchev–Trinajstić information content (AvgIpc) is 2.68. The van der Waals surface area contributed by atoms with Gasteiger partial charge in [-0.05, 0) is 36.4 Å². The van der Waals surface area contributed by atoms with Crippen LogP contribution in [0.15, 0.2) is 53.4 Å². The van der Waals surface area contributed by atoms with Crippen LogP contribution in [-0.2, 0) is 14.8 Å². The lowest BCUT2D eigenvalue weighted by Gasteiger charge is -2.31. The minimum atomic E-state index is -3.74. The molecule has 1 fully saturated rings. The summed E-state index contributed by atoms with van der Waals surface area (Å²) < 4.78 is 39.9. The van der Waals surface area contributed by atoms with Gasteiger partial charge in [-0.1, -0.05) is 12.1 Å². The molecule has 1 aliphatic rings. The van der Waals surface area contributed by atoms with Gasteiger partial charge in [0.2, 0.25) is 10.0 Å². The molecule has 0 unspecified atom stereocenters. The predicted molar refractivity (Wildman–Crippen MR) is 101 cm³/mol. The molecule has 2 aromatic carbocycles. The van der Waals surface area contributed by atoms with E-state index in [1.54, 1.807) is 24.3 Å². The van der Waals surface area contributed by atoms with Crippen LogP contribution in [0.1, 0.15) is 5.56 Å². The smallest absolute Gasteiger partial charge is 0.279 e. The minimum absolute atomic E-state index is 0.0638. The minimum Gasteiger partial charge on any atom is -0.325 e. The summed E-state index contributed by atoms with van der Waals surface area (Å²) in [7, 11) is -3.74. The standard InChI is InChI=1S/C19H19FN4O3S/c20-16-4-2-6-18(12-16)28(26,27)24-9-7-23(8-10-24)14-19(25)22-17-5-1-3-15(11-17)13-21/h1-6,11-12H,7-10,14H2,(H,22,25)/p+1. The van der Waals surface area contributed by atoms with Crippen molar-refractivity contribution in [3.05, 3.63) is 59.9 Å². The van der Waals surface area contributed by atoms with E-state index in [0.29, 0.717) is 24.3 Å². The van der Waals surface area contributed by atoms with E-state index < -0.39 is 15.8 Å². The molecule has 0 bridgehead atoms. The highest BCUT2D eigenvalue weighted by atomic mass is 32.2. The third-order valence-corrected chi connectivity index (χ3v) is 6.44. The van der Waals surface area contributed by atoms with Gasteiger partial charge in [0.15, 0.2) is 6.54 Å². The Hall–Kier alpha value is -2.80. The summed E-state index contributed by atoms with van der Waals surface area (Å²) in [6, 6.07) is 13.6. The average molecular weight is 403 g/mol. The van der Waals surface area contributed by atoms with Gasteiger partial charge in [-0.15, -0.1) is 0 Å². The Labute approximate surface area is 163 Å². The Kier molecular flexibility index (Phi) is 6.04. The van der Waals surface area contributed by atoms with Gasteiger partial charge < -0.3 is 10.2 Å². The summed E-state index contributed by atoms with van der Waals surface area (Å²) in [4.78, 5) is 13.1. The number of halogens is 1. The first-order chi connectivity index (χ1) is 13.4. The summed E-state index contributed by atoms with van der Waals surface area (Å²) in [5.74, 6) is -0.797. The van der Waals surface area contributed by atoms with E-state index in [9.17, 15) is 17.6 Å². The number of anilines is 1. The Morgan fingerprint density at radius 3 is 2.57 bits per heavy atom. The van der Waals surface area contributed by atoms with E-state index in [1.807, 2.05) is 6.07 Å². The van der Waals surface area contributed by atoms with Crippen LogP contribution >= 0.6 is 0 Å². The van der Waals surface area contributed by atoms with Crippen LogP contribution in [-0.4, -0.2) is 51.4 Å². The topological polar surface area (TPSA) is 94.7 Å². The number of carbonyl (C=O) groups is 1. The number of nitrogens with one attached hydrogen (secondary N) is 2. The number of nitrogens with zero attached hydrogens (tertiary/aromatic N) is 2. The Morgan fingerprint density at radius 1 is 1.18 bits per heavy atom. The maximum absolute atomic E-state index is 13.3. The molecular formula is C19H20FN4O3S+. The monoisotopic (exact) mass is 403 g/mol. The van der Waals surface area contributed by atoms with Gasteiger partial charge >= 0.3 is 0 Å². The number of carbonyl (C=O) groups excluding carboxylic acids is 1. The van der Waals surface area contributed by atoms with Crippen molar-refractivity contribution in [3.8, 4) is 6.07 Å². The van der Waals surface area contributed by atoms with Crippen molar-refractivity contribution in [2.75, 3.05) is 38.0 Å². The highest BCUT2D eigenvalue weighted by Gasteiger charge is 2.31. The molecule has 1 aliphatic heterocycles. The zero-order valence-corrected chi connectivity index (χ0v) is 15.9. The molecule has 1 amide bonds. The summed E-state index contributed by atoms with van der Waals surface area (Å²) in [6.45, 7) is 1.65. The van der Waals surface area contributed by atoms with Gasteiger partial charge in [0.25, 0.3) is 5.91 Å². The lowest BCUT2D eigenvalue weighted by Crippen LogP contribution is -3.15. The lowest BCUT2D eigenvalue weighted by molar-refractivity contribution is -0.895. The molecule has 2 N–H and O–H groups in total. The van der Waals surface area contributed by atoms with Crippen LogP contribution in [0.25, 0.3) is 0 Å². The first kappa shape index (κ1) is 19.9. The number of hydrogen-bond acceptors (Lipinski definition) is 4. The van der Waals surface area contributed by atoms with Crippen molar-refractivity contribution in [3.63, 3.8) is 0 Å². The molecule has 2 aromatic rings. The molecule has 9 heteroatoms. The highest BCUT2D eigenvalue weighted by molar-refractivity contribution is 7.89. The summed E-state index contributed by atoms with van der Waals surface area (Å²) >= 11 is 0. The van der Waals surface area contributed by atoms with E-state index in [0.717, 1.165) is 11.0 Å². The normalized spacial score (nSPS) is 15.7. The molecule has 28 heavy (non-hydrogen) atoms. The number of hydrogen-bond donors (Lipinski definition) is 2. The second kappa shape index (κ2) is 8.48. The molecule has 0 saturated carbocycles. The van der Waals surface area contributed by atoms with Crippen molar-refractivity contribution in [1.82, 2.24) is 4.31 Å². The first-order valence-corrected chi connectivity index (χ1v) is 10.2. The van der Waals surface area contributed by atoms with Gasteiger partial charge in [-0.3, -0.25) is 4.79 Å². The lowest BCUT2D eigenvalue weighted by atomic mass is 10.2.